The first-order chi connectivity index (χ1) is 21.2. The zero-order valence-corrected chi connectivity index (χ0v) is 24.5. The standard InChI is InChI=1S/C32H28N6O5S/c1-37-28-19-22(13-16-27(28)36-30(37)20-29-34-25-9-5-6-10-26(25)35-29)31(39)33-18-17-21-11-14-23(15-12-21)38(32(40)41)44(42,43)24-7-3-2-4-8-24/h2-16,19H,17-18,20H2,1H3,(H,33,39)(H,34,35)(H,40,41). The number of nitrogens with one attached hydrogen (secondary N) is 2. The maximum atomic E-state index is 13.0. The van der Waals surface area contributed by atoms with Crippen molar-refractivity contribution in [1.82, 2.24) is 24.8 Å². The number of hydrogen-bond acceptors (Lipinski definition) is 6. The van der Waals surface area contributed by atoms with Crippen LogP contribution in [0.4, 0.5) is 10.5 Å². The number of rotatable bonds is 9. The molecular weight excluding hydrogens is 580 g/mol. The van der Waals surface area contributed by atoms with Crippen molar-refractivity contribution in [3.63, 3.8) is 0 Å². The summed E-state index contributed by atoms with van der Waals surface area (Å²) >= 11 is 0. The van der Waals surface area contributed by atoms with Crippen LogP contribution in [0.15, 0.2) is 102 Å². The third-order valence-corrected chi connectivity index (χ3v) is 9.04. The van der Waals surface area contributed by atoms with Gasteiger partial charge in [0, 0.05) is 19.2 Å². The number of carboxylic acid groups (broad SMARTS) is 1. The molecule has 0 aliphatic heterocycles. The summed E-state index contributed by atoms with van der Waals surface area (Å²) in [6, 6.07) is 26.7. The van der Waals surface area contributed by atoms with Crippen LogP contribution in [0.2, 0.25) is 0 Å². The van der Waals surface area contributed by atoms with E-state index in [0.717, 1.165) is 39.3 Å². The predicted octanol–water partition coefficient (Wildman–Crippen LogP) is 4.89. The lowest BCUT2D eigenvalue weighted by Crippen LogP contribution is -2.35. The molecule has 12 heteroatoms. The van der Waals surface area contributed by atoms with Gasteiger partial charge in [-0.1, -0.05) is 42.5 Å². The monoisotopic (exact) mass is 608 g/mol. The topological polar surface area (TPSA) is 150 Å². The molecule has 0 aliphatic carbocycles. The summed E-state index contributed by atoms with van der Waals surface area (Å²) in [5.41, 5.74) is 4.76. The van der Waals surface area contributed by atoms with Crippen molar-refractivity contribution in [3.05, 3.63) is 120 Å². The minimum absolute atomic E-state index is 0.00157. The molecular formula is C32H28N6O5S. The average molecular weight is 609 g/mol. The molecule has 0 spiro atoms. The first kappa shape index (κ1) is 28.6. The minimum Gasteiger partial charge on any atom is -0.464 e. The largest absolute Gasteiger partial charge is 0.464 e. The molecule has 0 fully saturated rings. The first-order valence-corrected chi connectivity index (χ1v) is 15.2. The van der Waals surface area contributed by atoms with Crippen LogP contribution < -0.4 is 9.62 Å². The molecule has 6 aromatic rings. The second-order valence-electron chi connectivity index (χ2n) is 10.2. The summed E-state index contributed by atoms with van der Waals surface area (Å²) in [7, 11) is -2.39. The van der Waals surface area contributed by atoms with Gasteiger partial charge in [0.1, 0.15) is 11.6 Å². The Labute approximate surface area is 252 Å². The van der Waals surface area contributed by atoms with Crippen LogP contribution in [-0.4, -0.2) is 51.6 Å². The van der Waals surface area contributed by atoms with E-state index in [4.69, 9.17) is 4.98 Å². The number of imidazole rings is 2. The number of anilines is 1. The van der Waals surface area contributed by atoms with Crippen molar-refractivity contribution >= 4 is 49.8 Å². The van der Waals surface area contributed by atoms with Crippen molar-refractivity contribution in [1.29, 1.82) is 0 Å². The van der Waals surface area contributed by atoms with Gasteiger partial charge in [0.15, 0.2) is 0 Å². The van der Waals surface area contributed by atoms with Crippen molar-refractivity contribution in [2.45, 2.75) is 17.7 Å². The number of sulfonamides is 1. The van der Waals surface area contributed by atoms with Crippen LogP contribution in [0.3, 0.4) is 0 Å². The van der Waals surface area contributed by atoms with Gasteiger partial charge in [-0.3, -0.25) is 4.79 Å². The molecule has 4 aromatic carbocycles. The van der Waals surface area contributed by atoms with E-state index in [2.05, 4.69) is 15.3 Å². The second kappa shape index (κ2) is 11.7. The highest BCUT2D eigenvalue weighted by molar-refractivity contribution is 7.93. The van der Waals surface area contributed by atoms with E-state index < -0.39 is 16.1 Å². The number of nitrogens with zero attached hydrogens (tertiary/aromatic N) is 4. The molecule has 0 radical (unpaired) electrons. The third kappa shape index (κ3) is 5.62. The van der Waals surface area contributed by atoms with Crippen molar-refractivity contribution < 1.29 is 23.1 Å². The summed E-state index contributed by atoms with van der Waals surface area (Å²) in [5, 5.41) is 12.6. The zero-order chi connectivity index (χ0) is 30.8. The average Bonchev–Trinajstić information content (AvgIpc) is 3.57. The van der Waals surface area contributed by atoms with Crippen LogP contribution in [0, 0.1) is 0 Å². The van der Waals surface area contributed by atoms with E-state index >= 15 is 0 Å². The molecule has 0 saturated carbocycles. The highest BCUT2D eigenvalue weighted by Gasteiger charge is 2.30. The van der Waals surface area contributed by atoms with E-state index in [1.807, 2.05) is 48.0 Å². The molecule has 3 N–H and O–H groups in total. The summed E-state index contributed by atoms with van der Waals surface area (Å²) in [6.07, 6.45) is -0.635. The molecule has 0 unspecified atom stereocenters. The Morgan fingerprint density at radius 1 is 0.909 bits per heavy atom. The van der Waals surface area contributed by atoms with Gasteiger partial charge in [-0.05, 0) is 66.6 Å². The number of aromatic amines is 1. The molecule has 6 rings (SSSR count). The van der Waals surface area contributed by atoms with E-state index in [0.29, 0.717) is 29.3 Å². The van der Waals surface area contributed by atoms with Gasteiger partial charge in [-0.2, -0.15) is 4.31 Å². The Kier molecular flexibility index (Phi) is 7.58. The molecule has 222 valence electrons. The number of benzene rings is 4. The lowest BCUT2D eigenvalue weighted by atomic mass is 10.1. The number of aromatic nitrogens is 4. The maximum Gasteiger partial charge on any atom is 0.426 e. The second-order valence-corrected chi connectivity index (χ2v) is 12.0. The normalized spacial score (nSPS) is 11.6. The molecule has 11 nitrogen and oxygen atoms in total. The Hall–Kier alpha value is -5.49. The van der Waals surface area contributed by atoms with Crippen LogP contribution in [-0.2, 0) is 29.9 Å². The quantitative estimate of drug-likeness (QED) is 0.212. The van der Waals surface area contributed by atoms with E-state index in [1.54, 1.807) is 24.3 Å². The van der Waals surface area contributed by atoms with Gasteiger partial charge in [-0.25, -0.2) is 23.2 Å². The van der Waals surface area contributed by atoms with Crippen LogP contribution in [0.1, 0.15) is 27.6 Å². The van der Waals surface area contributed by atoms with Crippen LogP contribution >= 0.6 is 0 Å². The lowest BCUT2D eigenvalue weighted by Gasteiger charge is -2.19. The van der Waals surface area contributed by atoms with Crippen molar-refractivity contribution in [3.8, 4) is 0 Å². The van der Waals surface area contributed by atoms with Crippen molar-refractivity contribution in [2.24, 2.45) is 7.05 Å². The van der Waals surface area contributed by atoms with E-state index in [9.17, 15) is 23.1 Å². The Bertz CT molecular complexity index is 2070. The molecule has 0 aliphatic rings. The van der Waals surface area contributed by atoms with Gasteiger partial charge < -0.3 is 20.0 Å². The zero-order valence-electron chi connectivity index (χ0n) is 23.6. The molecule has 0 atom stereocenters. The molecule has 2 heterocycles. The Balaban J connectivity index is 1.10. The highest BCUT2D eigenvalue weighted by Crippen LogP contribution is 2.25. The maximum absolute atomic E-state index is 13.0. The van der Waals surface area contributed by atoms with Crippen molar-refractivity contribution in [2.75, 3.05) is 10.8 Å². The molecule has 2 aromatic heterocycles. The smallest absolute Gasteiger partial charge is 0.426 e. The van der Waals surface area contributed by atoms with Gasteiger partial charge in [0.05, 0.1) is 39.1 Å². The molecule has 2 amide bonds. The number of aryl methyl sites for hydroxylation is 1. The number of carbonyl (C=O) groups excluding carboxylic acids is 1. The number of carbonyl (C=O) groups is 2. The third-order valence-electron chi connectivity index (χ3n) is 7.32. The molecule has 44 heavy (non-hydrogen) atoms. The summed E-state index contributed by atoms with van der Waals surface area (Å²) in [5.74, 6) is 1.39. The summed E-state index contributed by atoms with van der Waals surface area (Å²) < 4.78 is 28.2. The Morgan fingerprint density at radius 3 is 2.36 bits per heavy atom. The lowest BCUT2D eigenvalue weighted by molar-refractivity contribution is 0.0954. The molecule has 0 bridgehead atoms. The van der Waals surface area contributed by atoms with E-state index in [1.165, 1.54) is 36.4 Å². The van der Waals surface area contributed by atoms with Gasteiger partial charge in [0.25, 0.3) is 15.9 Å². The summed E-state index contributed by atoms with van der Waals surface area (Å²) in [4.78, 5) is 37.4. The number of H-pyrrole nitrogens is 1. The van der Waals surface area contributed by atoms with Crippen LogP contribution in [0.25, 0.3) is 22.1 Å². The SMILES string of the molecule is Cn1c(Cc2nc3ccccc3[nH]2)nc2ccc(C(=O)NCCc3ccc(N(C(=O)O)S(=O)(=O)c4ccccc4)cc3)cc21. The minimum atomic E-state index is -4.30. The Morgan fingerprint density at radius 2 is 1.64 bits per heavy atom. The summed E-state index contributed by atoms with van der Waals surface area (Å²) in [6.45, 7) is 0.323. The van der Waals surface area contributed by atoms with E-state index in [-0.39, 0.29) is 16.5 Å². The highest BCUT2D eigenvalue weighted by atomic mass is 32.2. The van der Waals surface area contributed by atoms with Crippen LogP contribution in [0.5, 0.6) is 0 Å². The fourth-order valence-corrected chi connectivity index (χ4v) is 6.37. The van der Waals surface area contributed by atoms with Gasteiger partial charge in [0.2, 0.25) is 0 Å². The number of fused-ring (bicyclic) bond motifs is 2. The fourth-order valence-electron chi connectivity index (χ4n) is 5.05. The predicted molar refractivity (Wildman–Crippen MR) is 166 cm³/mol. The number of hydrogen-bond donors (Lipinski definition) is 3. The number of amides is 2. The van der Waals surface area contributed by atoms with Gasteiger partial charge in [-0.15, -0.1) is 0 Å². The molecule has 0 saturated heterocycles. The van der Waals surface area contributed by atoms with Gasteiger partial charge >= 0.3 is 6.09 Å². The first-order valence-electron chi connectivity index (χ1n) is 13.8. The fraction of sp³-hybridized carbons (Fsp3) is 0.125. The number of para-hydroxylation sites is 2.